The molecule has 0 saturated carbocycles. The maximum Gasteiger partial charge on any atom is 0.356 e. The normalized spacial score (nSPS) is 18.1. The van der Waals surface area contributed by atoms with Crippen LogP contribution >= 0.6 is 0 Å². The van der Waals surface area contributed by atoms with E-state index in [1.807, 2.05) is 4.90 Å². The maximum atomic E-state index is 13.8. The number of likely N-dealkylation sites (tertiary alicyclic amines) is 1. The van der Waals surface area contributed by atoms with Gasteiger partial charge >= 0.3 is 5.97 Å². The van der Waals surface area contributed by atoms with Gasteiger partial charge in [-0.05, 0) is 31.5 Å². The lowest BCUT2D eigenvalue weighted by molar-refractivity contribution is 0.0690. The summed E-state index contributed by atoms with van der Waals surface area (Å²) in [7, 11) is 0. The molecule has 0 amide bonds. The van der Waals surface area contributed by atoms with Gasteiger partial charge in [-0.15, -0.1) is 0 Å². The first-order valence-corrected chi connectivity index (χ1v) is 8.00. The molecule has 1 aliphatic heterocycles. The van der Waals surface area contributed by atoms with Gasteiger partial charge in [0.1, 0.15) is 17.5 Å². The van der Waals surface area contributed by atoms with Crippen LogP contribution in [0.3, 0.4) is 0 Å². The summed E-state index contributed by atoms with van der Waals surface area (Å²) in [5, 5.41) is 12.0. The van der Waals surface area contributed by atoms with Crippen LogP contribution in [-0.4, -0.2) is 45.1 Å². The fraction of sp³-hybridized carbons (Fsp3) is 0.353. The molecule has 2 aromatic rings. The van der Waals surface area contributed by atoms with E-state index in [0.29, 0.717) is 12.4 Å². The molecule has 1 unspecified atom stereocenters. The summed E-state index contributed by atoms with van der Waals surface area (Å²) in [5.41, 5.74) is -0.0420. The first-order chi connectivity index (χ1) is 12.0. The molecule has 8 heteroatoms. The molecule has 1 aromatic carbocycles. The second-order valence-corrected chi connectivity index (χ2v) is 6.01. The van der Waals surface area contributed by atoms with E-state index in [2.05, 4.69) is 15.3 Å². The van der Waals surface area contributed by atoms with Crippen LogP contribution in [0.15, 0.2) is 30.6 Å². The number of benzene rings is 1. The minimum atomic E-state index is -1.13. The Bertz CT molecular complexity index is 735. The van der Waals surface area contributed by atoms with E-state index in [4.69, 9.17) is 5.11 Å². The monoisotopic (exact) mass is 348 g/mol. The summed E-state index contributed by atoms with van der Waals surface area (Å²) in [6, 6.07) is 3.93. The highest BCUT2D eigenvalue weighted by atomic mass is 19.1. The van der Waals surface area contributed by atoms with Crippen molar-refractivity contribution in [1.82, 2.24) is 14.9 Å². The number of hydrogen-bond donors (Lipinski definition) is 2. The Hall–Kier alpha value is -2.61. The lowest BCUT2D eigenvalue weighted by atomic mass is 10.0. The Morgan fingerprint density at radius 3 is 2.68 bits per heavy atom. The topological polar surface area (TPSA) is 78.3 Å². The van der Waals surface area contributed by atoms with Crippen LogP contribution in [0.5, 0.6) is 0 Å². The molecular formula is C17H18F2N4O2. The molecule has 2 N–H and O–H groups in total. The minimum absolute atomic E-state index is 0.0496. The van der Waals surface area contributed by atoms with E-state index in [0.717, 1.165) is 19.4 Å². The van der Waals surface area contributed by atoms with Gasteiger partial charge in [-0.25, -0.2) is 23.5 Å². The SMILES string of the molecule is O=C(O)c1cnc(NC2CCCN(Cc3c(F)cccc3F)C2)cn1. The van der Waals surface area contributed by atoms with Crippen LogP contribution in [0.2, 0.25) is 0 Å². The van der Waals surface area contributed by atoms with Crippen LogP contribution in [0.1, 0.15) is 28.9 Å². The summed E-state index contributed by atoms with van der Waals surface area (Å²) < 4.78 is 27.6. The Kier molecular flexibility index (Phi) is 5.18. The number of aromatic carboxylic acids is 1. The second kappa shape index (κ2) is 7.52. The number of halogens is 2. The maximum absolute atomic E-state index is 13.8. The molecule has 2 heterocycles. The number of hydrogen-bond acceptors (Lipinski definition) is 5. The van der Waals surface area contributed by atoms with Gasteiger partial charge in [0.15, 0.2) is 5.69 Å². The van der Waals surface area contributed by atoms with E-state index in [-0.39, 0.29) is 23.8 Å². The average Bonchev–Trinajstić information content (AvgIpc) is 2.59. The Morgan fingerprint density at radius 2 is 2.04 bits per heavy atom. The van der Waals surface area contributed by atoms with Crippen LogP contribution in [0.4, 0.5) is 14.6 Å². The fourth-order valence-electron chi connectivity index (χ4n) is 2.95. The summed E-state index contributed by atoms with van der Waals surface area (Å²) in [4.78, 5) is 20.6. The molecule has 1 fully saturated rings. The number of anilines is 1. The molecular weight excluding hydrogens is 330 g/mol. The number of aromatic nitrogens is 2. The standard InChI is InChI=1S/C17H18F2N4O2/c18-13-4-1-5-14(19)12(13)10-23-6-2-3-11(9-23)22-16-8-20-15(7-21-16)17(24)25/h1,4-5,7-8,11H,2-3,6,9-10H2,(H,21,22)(H,24,25). The summed E-state index contributed by atoms with van der Waals surface area (Å²) in [5.74, 6) is -1.72. The van der Waals surface area contributed by atoms with Gasteiger partial charge in [-0.2, -0.15) is 0 Å². The Labute approximate surface area is 143 Å². The first kappa shape index (κ1) is 17.2. The number of carboxylic acids is 1. The number of nitrogens with zero attached hydrogens (tertiary/aromatic N) is 3. The van der Waals surface area contributed by atoms with Crippen molar-refractivity contribution in [3.8, 4) is 0 Å². The molecule has 1 aliphatic rings. The molecule has 0 spiro atoms. The van der Waals surface area contributed by atoms with Crippen molar-refractivity contribution < 1.29 is 18.7 Å². The van der Waals surface area contributed by atoms with E-state index >= 15 is 0 Å². The third-order valence-corrected chi connectivity index (χ3v) is 4.17. The Balaban J connectivity index is 1.62. The molecule has 1 atom stereocenters. The van der Waals surface area contributed by atoms with E-state index in [1.54, 1.807) is 0 Å². The van der Waals surface area contributed by atoms with Crippen LogP contribution in [-0.2, 0) is 6.54 Å². The van der Waals surface area contributed by atoms with Gasteiger partial charge in [-0.3, -0.25) is 4.90 Å². The molecule has 25 heavy (non-hydrogen) atoms. The molecule has 3 rings (SSSR count). The largest absolute Gasteiger partial charge is 0.476 e. The predicted molar refractivity (Wildman–Crippen MR) is 87.3 cm³/mol. The lowest BCUT2D eigenvalue weighted by Crippen LogP contribution is -2.42. The second-order valence-electron chi connectivity index (χ2n) is 6.01. The van der Waals surface area contributed by atoms with E-state index in [9.17, 15) is 13.6 Å². The Morgan fingerprint density at radius 1 is 1.28 bits per heavy atom. The highest BCUT2D eigenvalue weighted by Crippen LogP contribution is 2.19. The van der Waals surface area contributed by atoms with Gasteiger partial charge in [0.25, 0.3) is 0 Å². The van der Waals surface area contributed by atoms with Crippen molar-refractivity contribution >= 4 is 11.8 Å². The molecule has 0 aliphatic carbocycles. The molecule has 1 saturated heterocycles. The molecule has 1 aromatic heterocycles. The highest BCUT2D eigenvalue weighted by Gasteiger charge is 2.22. The summed E-state index contributed by atoms with van der Waals surface area (Å²) in [6.45, 7) is 1.58. The van der Waals surface area contributed by atoms with Crippen molar-refractivity contribution in [3.05, 3.63) is 53.5 Å². The van der Waals surface area contributed by atoms with Crippen molar-refractivity contribution in [3.63, 3.8) is 0 Å². The van der Waals surface area contributed by atoms with E-state index in [1.165, 1.54) is 30.6 Å². The molecule has 6 nitrogen and oxygen atoms in total. The zero-order chi connectivity index (χ0) is 17.8. The van der Waals surface area contributed by atoms with Gasteiger partial charge < -0.3 is 10.4 Å². The van der Waals surface area contributed by atoms with Gasteiger partial charge in [-0.1, -0.05) is 6.07 Å². The number of rotatable bonds is 5. The summed E-state index contributed by atoms with van der Waals surface area (Å²) in [6.07, 6.45) is 4.34. The quantitative estimate of drug-likeness (QED) is 0.865. The van der Waals surface area contributed by atoms with Crippen molar-refractivity contribution in [2.45, 2.75) is 25.4 Å². The van der Waals surface area contributed by atoms with E-state index < -0.39 is 17.6 Å². The van der Waals surface area contributed by atoms with Crippen molar-refractivity contribution in [1.29, 1.82) is 0 Å². The third kappa shape index (κ3) is 4.27. The molecule has 132 valence electrons. The molecule has 0 bridgehead atoms. The van der Waals surface area contributed by atoms with Crippen LogP contribution in [0, 0.1) is 11.6 Å². The van der Waals surface area contributed by atoms with Gasteiger partial charge in [0, 0.05) is 24.7 Å². The van der Waals surface area contributed by atoms with Crippen LogP contribution < -0.4 is 5.32 Å². The van der Waals surface area contributed by atoms with Gasteiger partial charge in [0.2, 0.25) is 0 Å². The zero-order valence-electron chi connectivity index (χ0n) is 13.5. The third-order valence-electron chi connectivity index (χ3n) is 4.17. The average molecular weight is 348 g/mol. The highest BCUT2D eigenvalue weighted by molar-refractivity contribution is 5.84. The number of carboxylic acid groups (broad SMARTS) is 1. The predicted octanol–water partition coefficient (Wildman–Crippen LogP) is 2.53. The fourth-order valence-corrected chi connectivity index (χ4v) is 2.95. The lowest BCUT2D eigenvalue weighted by Gasteiger charge is -2.33. The minimum Gasteiger partial charge on any atom is -0.476 e. The number of carbonyl (C=O) groups is 1. The van der Waals surface area contributed by atoms with Crippen molar-refractivity contribution in [2.24, 2.45) is 0 Å². The van der Waals surface area contributed by atoms with Crippen molar-refractivity contribution in [2.75, 3.05) is 18.4 Å². The molecule has 0 radical (unpaired) electrons. The van der Waals surface area contributed by atoms with Crippen LogP contribution in [0.25, 0.3) is 0 Å². The summed E-state index contributed by atoms with van der Waals surface area (Å²) >= 11 is 0. The zero-order valence-corrected chi connectivity index (χ0v) is 13.5. The number of piperidine rings is 1. The smallest absolute Gasteiger partial charge is 0.356 e. The van der Waals surface area contributed by atoms with Gasteiger partial charge in [0.05, 0.1) is 12.4 Å². The number of nitrogens with one attached hydrogen (secondary N) is 1. The first-order valence-electron chi connectivity index (χ1n) is 8.00.